The Balaban J connectivity index is 2.30. The van der Waals surface area contributed by atoms with Gasteiger partial charge in [-0.15, -0.1) is 5.10 Å². The number of aromatic nitrogens is 3. The highest BCUT2D eigenvalue weighted by Crippen LogP contribution is 2.32. The molecule has 2 rings (SSSR count). The first-order chi connectivity index (χ1) is 8.11. The van der Waals surface area contributed by atoms with E-state index in [1.807, 2.05) is 18.2 Å². The number of benzene rings is 1. The largest absolute Gasteiger partial charge is 0.343 e. The van der Waals surface area contributed by atoms with Crippen LogP contribution in [0.15, 0.2) is 37.5 Å². The molecule has 0 saturated carbocycles. The van der Waals surface area contributed by atoms with E-state index >= 15 is 0 Å². The minimum absolute atomic E-state index is 0.220. The second-order valence-electron chi connectivity index (χ2n) is 3.44. The molecule has 0 aliphatic rings. The van der Waals surface area contributed by atoms with E-state index in [1.165, 1.54) is 16.3 Å². The van der Waals surface area contributed by atoms with E-state index in [2.05, 4.69) is 26.1 Å². The van der Waals surface area contributed by atoms with Crippen molar-refractivity contribution in [2.75, 3.05) is 0 Å². The summed E-state index contributed by atoms with van der Waals surface area (Å²) in [5.41, 5.74) is 6.39. The first-order valence-electron chi connectivity index (χ1n) is 4.89. The van der Waals surface area contributed by atoms with Gasteiger partial charge in [0.05, 0.1) is 0 Å². The van der Waals surface area contributed by atoms with Crippen LogP contribution < -0.4 is 11.4 Å². The quantitative estimate of drug-likeness (QED) is 0.899. The Morgan fingerprint density at radius 1 is 1.59 bits per heavy atom. The third kappa shape index (κ3) is 2.62. The number of aromatic amines is 1. The van der Waals surface area contributed by atoms with Crippen molar-refractivity contribution in [3.63, 3.8) is 0 Å². The van der Waals surface area contributed by atoms with Crippen molar-refractivity contribution in [2.24, 2.45) is 12.8 Å². The van der Waals surface area contributed by atoms with Crippen LogP contribution in [0.4, 0.5) is 0 Å². The molecule has 0 aliphatic carbocycles. The fourth-order valence-electron chi connectivity index (χ4n) is 1.28. The molecule has 0 spiro atoms. The van der Waals surface area contributed by atoms with Gasteiger partial charge in [-0.25, -0.2) is 9.89 Å². The maximum Gasteiger partial charge on any atom is 0.343 e. The third-order valence-electron chi connectivity index (χ3n) is 2.27. The molecule has 3 N–H and O–H groups in total. The van der Waals surface area contributed by atoms with Gasteiger partial charge in [-0.2, -0.15) is 0 Å². The Morgan fingerprint density at radius 2 is 2.35 bits per heavy atom. The summed E-state index contributed by atoms with van der Waals surface area (Å²) in [6, 6.07) is 5.88. The van der Waals surface area contributed by atoms with Crippen LogP contribution in [0.3, 0.4) is 0 Å². The maximum atomic E-state index is 11.2. The van der Waals surface area contributed by atoms with Crippen LogP contribution in [-0.2, 0) is 13.6 Å². The maximum absolute atomic E-state index is 11.2. The molecule has 1 aromatic carbocycles. The molecule has 2 aromatic rings. The number of rotatable bonds is 3. The number of hydrogen-bond donors (Lipinski definition) is 2. The fourth-order valence-corrected chi connectivity index (χ4v) is 2.75. The van der Waals surface area contributed by atoms with E-state index in [0.717, 1.165) is 14.9 Å². The SMILES string of the molecule is Cn1c(Sc2ccc(CN)cc2Br)n[nH]c1=O. The summed E-state index contributed by atoms with van der Waals surface area (Å²) >= 11 is 4.89. The molecule has 17 heavy (non-hydrogen) atoms. The Bertz CT molecular complexity index is 592. The van der Waals surface area contributed by atoms with Gasteiger partial charge in [0.25, 0.3) is 0 Å². The Labute approximate surface area is 111 Å². The number of hydrogen-bond acceptors (Lipinski definition) is 4. The number of nitrogens with two attached hydrogens (primary N) is 1. The van der Waals surface area contributed by atoms with Crippen LogP contribution in [0.1, 0.15) is 5.56 Å². The number of nitrogens with zero attached hydrogens (tertiary/aromatic N) is 2. The van der Waals surface area contributed by atoms with Gasteiger partial charge in [0, 0.05) is 23.0 Å². The normalized spacial score (nSPS) is 10.8. The molecule has 0 aliphatic heterocycles. The van der Waals surface area contributed by atoms with Crippen molar-refractivity contribution < 1.29 is 0 Å². The van der Waals surface area contributed by atoms with E-state index in [-0.39, 0.29) is 5.69 Å². The van der Waals surface area contributed by atoms with Crippen LogP contribution in [0.5, 0.6) is 0 Å². The Morgan fingerprint density at radius 3 is 2.88 bits per heavy atom. The molecule has 90 valence electrons. The topological polar surface area (TPSA) is 76.7 Å². The number of halogens is 1. The zero-order chi connectivity index (χ0) is 12.4. The molecule has 1 heterocycles. The summed E-state index contributed by atoms with van der Waals surface area (Å²) in [4.78, 5) is 12.2. The lowest BCUT2D eigenvalue weighted by atomic mass is 10.2. The highest BCUT2D eigenvalue weighted by molar-refractivity contribution is 9.10. The second kappa shape index (κ2) is 5.07. The molecule has 0 saturated heterocycles. The lowest BCUT2D eigenvalue weighted by Crippen LogP contribution is -2.12. The molecule has 0 bridgehead atoms. The Kier molecular flexibility index (Phi) is 3.70. The Hall–Kier alpha value is -1.05. The van der Waals surface area contributed by atoms with Crippen molar-refractivity contribution in [3.05, 3.63) is 38.7 Å². The highest BCUT2D eigenvalue weighted by Gasteiger charge is 2.09. The van der Waals surface area contributed by atoms with E-state index < -0.39 is 0 Å². The number of H-pyrrole nitrogens is 1. The predicted octanol–water partition coefficient (Wildman–Crippen LogP) is 1.48. The van der Waals surface area contributed by atoms with E-state index in [9.17, 15) is 4.79 Å². The van der Waals surface area contributed by atoms with E-state index in [1.54, 1.807) is 7.05 Å². The predicted molar refractivity (Wildman–Crippen MR) is 70.0 cm³/mol. The molecular formula is C10H11BrN4OS. The zero-order valence-electron chi connectivity index (χ0n) is 9.11. The lowest BCUT2D eigenvalue weighted by molar-refractivity contribution is 0.766. The smallest absolute Gasteiger partial charge is 0.326 e. The van der Waals surface area contributed by atoms with Gasteiger partial charge in [0.2, 0.25) is 0 Å². The van der Waals surface area contributed by atoms with Crippen molar-refractivity contribution in [1.29, 1.82) is 0 Å². The first-order valence-corrected chi connectivity index (χ1v) is 6.50. The molecule has 0 amide bonds. The molecule has 7 heteroatoms. The first kappa shape index (κ1) is 12.4. The second-order valence-corrected chi connectivity index (χ2v) is 5.30. The van der Waals surface area contributed by atoms with Gasteiger partial charge < -0.3 is 5.73 Å². The summed E-state index contributed by atoms with van der Waals surface area (Å²) in [6.45, 7) is 0.504. The van der Waals surface area contributed by atoms with E-state index in [4.69, 9.17) is 5.73 Å². The van der Waals surface area contributed by atoms with Crippen LogP contribution >= 0.6 is 27.7 Å². The van der Waals surface area contributed by atoms with Gasteiger partial charge in [0.15, 0.2) is 5.16 Å². The van der Waals surface area contributed by atoms with E-state index in [0.29, 0.717) is 11.7 Å². The number of nitrogens with one attached hydrogen (secondary N) is 1. The molecular weight excluding hydrogens is 304 g/mol. The third-order valence-corrected chi connectivity index (χ3v) is 4.31. The summed E-state index contributed by atoms with van der Waals surface area (Å²) in [7, 11) is 1.68. The summed E-state index contributed by atoms with van der Waals surface area (Å²) in [5.74, 6) is 0. The van der Waals surface area contributed by atoms with Crippen molar-refractivity contribution >= 4 is 27.7 Å². The minimum Gasteiger partial charge on any atom is -0.326 e. The highest BCUT2D eigenvalue weighted by atomic mass is 79.9. The average molecular weight is 315 g/mol. The van der Waals surface area contributed by atoms with Crippen LogP contribution in [0.25, 0.3) is 0 Å². The average Bonchev–Trinajstić information content (AvgIpc) is 2.63. The molecule has 0 radical (unpaired) electrons. The van der Waals surface area contributed by atoms with Crippen molar-refractivity contribution in [1.82, 2.24) is 14.8 Å². The van der Waals surface area contributed by atoms with Crippen molar-refractivity contribution in [2.45, 2.75) is 16.6 Å². The van der Waals surface area contributed by atoms with Gasteiger partial charge >= 0.3 is 5.69 Å². The molecule has 1 aromatic heterocycles. The summed E-state index contributed by atoms with van der Waals surface area (Å²) in [6.07, 6.45) is 0. The van der Waals surface area contributed by atoms with Crippen LogP contribution in [0, 0.1) is 0 Å². The van der Waals surface area contributed by atoms with Crippen LogP contribution in [-0.4, -0.2) is 14.8 Å². The van der Waals surface area contributed by atoms with Crippen molar-refractivity contribution in [3.8, 4) is 0 Å². The summed E-state index contributed by atoms with van der Waals surface area (Å²) in [5, 5.41) is 6.96. The fraction of sp³-hybridized carbons (Fsp3) is 0.200. The summed E-state index contributed by atoms with van der Waals surface area (Å²) < 4.78 is 2.41. The molecule has 0 atom stereocenters. The molecule has 0 fully saturated rings. The van der Waals surface area contributed by atoms with Gasteiger partial charge in [-0.05, 0) is 45.4 Å². The lowest BCUT2D eigenvalue weighted by Gasteiger charge is -2.05. The zero-order valence-corrected chi connectivity index (χ0v) is 11.5. The monoisotopic (exact) mass is 314 g/mol. The van der Waals surface area contributed by atoms with Gasteiger partial charge in [-0.3, -0.25) is 4.57 Å². The molecule has 5 nitrogen and oxygen atoms in total. The standard InChI is InChI=1S/C10H11BrN4OS/c1-15-9(16)13-14-10(15)17-8-3-2-6(5-12)4-7(8)11/h2-4H,5,12H2,1H3,(H,13,16). The van der Waals surface area contributed by atoms with Crippen LogP contribution in [0.2, 0.25) is 0 Å². The van der Waals surface area contributed by atoms with Gasteiger partial charge in [0.1, 0.15) is 0 Å². The van der Waals surface area contributed by atoms with Gasteiger partial charge in [-0.1, -0.05) is 6.07 Å². The minimum atomic E-state index is -0.220. The molecule has 0 unspecified atom stereocenters.